The van der Waals surface area contributed by atoms with Crippen molar-refractivity contribution >= 4 is 11.7 Å². The topological polar surface area (TPSA) is 84.6 Å². The van der Waals surface area contributed by atoms with Crippen molar-refractivity contribution in [2.75, 3.05) is 33.0 Å². The van der Waals surface area contributed by atoms with Gasteiger partial charge >= 0.3 is 0 Å². The zero-order valence-corrected chi connectivity index (χ0v) is 14.6. The average Bonchev–Trinajstić information content (AvgIpc) is 3.11. The lowest BCUT2D eigenvalue weighted by molar-refractivity contribution is 0.0779. The van der Waals surface area contributed by atoms with Crippen LogP contribution in [0.4, 0.5) is 5.82 Å². The summed E-state index contributed by atoms with van der Waals surface area (Å²) in [6.07, 6.45) is 2.59. The number of carbonyl (C=O) groups is 1. The third kappa shape index (κ3) is 4.06. The van der Waals surface area contributed by atoms with Crippen molar-refractivity contribution < 1.29 is 9.53 Å². The van der Waals surface area contributed by atoms with E-state index >= 15 is 0 Å². The van der Waals surface area contributed by atoms with Crippen LogP contribution in [0, 0.1) is 0 Å². The molecule has 3 rings (SSSR count). The van der Waals surface area contributed by atoms with Gasteiger partial charge in [0, 0.05) is 30.9 Å². The Labute approximate surface area is 147 Å². The van der Waals surface area contributed by atoms with Gasteiger partial charge in [0.2, 0.25) is 0 Å². The van der Waals surface area contributed by atoms with Crippen molar-refractivity contribution in [3.05, 3.63) is 47.9 Å². The van der Waals surface area contributed by atoms with E-state index in [1.54, 1.807) is 25.4 Å². The third-order valence-electron chi connectivity index (χ3n) is 4.51. The molecule has 2 aromatic rings. The van der Waals surface area contributed by atoms with E-state index in [1.165, 1.54) is 0 Å². The summed E-state index contributed by atoms with van der Waals surface area (Å²) in [7, 11) is 3.62. The molecule has 1 aliphatic heterocycles. The molecule has 0 saturated carbocycles. The van der Waals surface area contributed by atoms with Crippen molar-refractivity contribution in [1.29, 1.82) is 0 Å². The second kappa shape index (κ2) is 7.48. The zero-order chi connectivity index (χ0) is 17.8. The number of ether oxygens (including phenoxy) is 1. The van der Waals surface area contributed by atoms with Gasteiger partial charge in [0.1, 0.15) is 17.4 Å². The van der Waals surface area contributed by atoms with E-state index in [-0.39, 0.29) is 11.9 Å². The first kappa shape index (κ1) is 17.2. The standard InChI is InChI=1S/C18H23N5O2/c1-22(12-17-20-8-6-16(19)21-17)14-7-9-23(11-14)18(24)13-4-3-5-15(10-13)25-2/h3-6,8,10,14H,7,9,11-12H2,1-2H3,(H2,19,20,21). The van der Waals surface area contributed by atoms with Gasteiger partial charge in [-0.25, -0.2) is 9.97 Å². The highest BCUT2D eigenvalue weighted by molar-refractivity contribution is 5.94. The fourth-order valence-corrected chi connectivity index (χ4v) is 3.07. The number of hydrogen-bond acceptors (Lipinski definition) is 6. The fraction of sp³-hybridized carbons (Fsp3) is 0.389. The van der Waals surface area contributed by atoms with Crippen molar-refractivity contribution in [1.82, 2.24) is 19.8 Å². The number of carbonyl (C=O) groups excluding carboxylic acids is 1. The van der Waals surface area contributed by atoms with Crippen molar-refractivity contribution in [3.8, 4) is 5.75 Å². The number of nitrogens with zero attached hydrogens (tertiary/aromatic N) is 4. The van der Waals surface area contributed by atoms with Gasteiger partial charge in [0.25, 0.3) is 5.91 Å². The molecule has 7 heteroatoms. The molecule has 2 N–H and O–H groups in total. The van der Waals surface area contributed by atoms with Crippen LogP contribution < -0.4 is 10.5 Å². The number of amides is 1. The molecule has 0 bridgehead atoms. The Balaban J connectivity index is 1.61. The number of nitrogens with two attached hydrogens (primary N) is 1. The van der Waals surface area contributed by atoms with Crippen molar-refractivity contribution in [3.63, 3.8) is 0 Å². The maximum atomic E-state index is 12.7. The number of anilines is 1. The quantitative estimate of drug-likeness (QED) is 0.885. The Morgan fingerprint density at radius 1 is 1.44 bits per heavy atom. The minimum Gasteiger partial charge on any atom is -0.497 e. The summed E-state index contributed by atoms with van der Waals surface area (Å²) < 4.78 is 5.20. The highest BCUT2D eigenvalue weighted by Crippen LogP contribution is 2.20. The Bertz CT molecular complexity index is 752. The lowest BCUT2D eigenvalue weighted by atomic mass is 10.2. The largest absolute Gasteiger partial charge is 0.497 e. The molecule has 132 valence electrons. The van der Waals surface area contributed by atoms with Crippen LogP contribution in [-0.4, -0.2) is 59.0 Å². The Morgan fingerprint density at radius 3 is 3.04 bits per heavy atom. The predicted octanol–water partition coefficient (Wildman–Crippen LogP) is 1.41. The fourth-order valence-electron chi connectivity index (χ4n) is 3.07. The molecular weight excluding hydrogens is 318 g/mol. The summed E-state index contributed by atoms with van der Waals surface area (Å²) in [4.78, 5) is 25.2. The van der Waals surface area contributed by atoms with Crippen LogP contribution in [0.3, 0.4) is 0 Å². The summed E-state index contributed by atoms with van der Waals surface area (Å²) in [6.45, 7) is 2.04. The SMILES string of the molecule is COc1cccc(C(=O)N2CCC(N(C)Cc3nccc(N)n3)C2)c1. The predicted molar refractivity (Wildman–Crippen MR) is 95.2 cm³/mol. The molecule has 1 unspecified atom stereocenters. The molecule has 2 heterocycles. The van der Waals surface area contributed by atoms with Crippen LogP contribution >= 0.6 is 0 Å². The van der Waals surface area contributed by atoms with Crippen LogP contribution in [0.1, 0.15) is 22.6 Å². The molecule has 0 radical (unpaired) electrons. The lowest BCUT2D eigenvalue weighted by Gasteiger charge is -2.24. The molecule has 1 amide bonds. The summed E-state index contributed by atoms with van der Waals surface area (Å²) in [6, 6.07) is 9.22. The van der Waals surface area contributed by atoms with E-state index in [9.17, 15) is 4.79 Å². The van der Waals surface area contributed by atoms with Gasteiger partial charge in [-0.2, -0.15) is 0 Å². The first-order valence-electron chi connectivity index (χ1n) is 8.28. The van der Waals surface area contributed by atoms with Gasteiger partial charge < -0.3 is 15.4 Å². The minimum absolute atomic E-state index is 0.0370. The molecule has 1 saturated heterocycles. The molecule has 1 aromatic heterocycles. The van der Waals surface area contributed by atoms with E-state index in [1.807, 2.05) is 30.1 Å². The van der Waals surface area contributed by atoms with E-state index < -0.39 is 0 Å². The van der Waals surface area contributed by atoms with Gasteiger partial charge in [-0.05, 0) is 37.7 Å². The number of likely N-dealkylation sites (tertiary alicyclic amines) is 1. The first-order valence-corrected chi connectivity index (χ1v) is 8.28. The number of aromatic nitrogens is 2. The van der Waals surface area contributed by atoms with Crippen LogP contribution in [0.5, 0.6) is 5.75 Å². The monoisotopic (exact) mass is 341 g/mol. The molecule has 0 aliphatic carbocycles. The number of nitrogen functional groups attached to an aromatic ring is 1. The second-order valence-corrected chi connectivity index (χ2v) is 6.24. The van der Waals surface area contributed by atoms with Crippen LogP contribution in [-0.2, 0) is 6.54 Å². The highest BCUT2D eigenvalue weighted by atomic mass is 16.5. The maximum Gasteiger partial charge on any atom is 0.254 e. The molecule has 1 fully saturated rings. The molecular formula is C18H23N5O2. The number of methoxy groups -OCH3 is 1. The highest BCUT2D eigenvalue weighted by Gasteiger charge is 2.29. The molecule has 7 nitrogen and oxygen atoms in total. The van der Waals surface area contributed by atoms with Gasteiger partial charge in [-0.1, -0.05) is 6.07 Å². The van der Waals surface area contributed by atoms with Gasteiger partial charge in [0.15, 0.2) is 0 Å². The van der Waals surface area contributed by atoms with E-state index in [4.69, 9.17) is 10.5 Å². The van der Waals surface area contributed by atoms with E-state index in [2.05, 4.69) is 14.9 Å². The summed E-state index contributed by atoms with van der Waals surface area (Å²) in [5, 5.41) is 0. The zero-order valence-electron chi connectivity index (χ0n) is 14.6. The van der Waals surface area contributed by atoms with Gasteiger partial charge in [-0.15, -0.1) is 0 Å². The lowest BCUT2D eigenvalue weighted by Crippen LogP contribution is -2.36. The molecule has 1 aromatic carbocycles. The van der Waals surface area contributed by atoms with E-state index in [0.717, 1.165) is 13.0 Å². The van der Waals surface area contributed by atoms with Gasteiger partial charge in [0.05, 0.1) is 13.7 Å². The number of likely N-dealkylation sites (N-methyl/N-ethyl adjacent to an activating group) is 1. The number of hydrogen-bond donors (Lipinski definition) is 1. The number of rotatable bonds is 5. The summed E-state index contributed by atoms with van der Waals surface area (Å²) >= 11 is 0. The Kier molecular flexibility index (Phi) is 5.14. The average molecular weight is 341 g/mol. The third-order valence-corrected chi connectivity index (χ3v) is 4.51. The number of benzene rings is 1. The normalized spacial score (nSPS) is 17.1. The van der Waals surface area contributed by atoms with Crippen molar-refractivity contribution in [2.24, 2.45) is 0 Å². The van der Waals surface area contributed by atoms with Crippen LogP contribution in [0.25, 0.3) is 0 Å². The summed E-state index contributed by atoms with van der Waals surface area (Å²) in [5.74, 6) is 1.90. The van der Waals surface area contributed by atoms with Crippen molar-refractivity contribution in [2.45, 2.75) is 19.0 Å². The molecule has 1 aliphatic rings. The minimum atomic E-state index is 0.0370. The van der Waals surface area contributed by atoms with Crippen LogP contribution in [0.15, 0.2) is 36.5 Å². The molecule has 0 spiro atoms. The Morgan fingerprint density at radius 2 is 2.28 bits per heavy atom. The van der Waals surface area contributed by atoms with E-state index in [0.29, 0.717) is 36.0 Å². The maximum absolute atomic E-state index is 12.7. The summed E-state index contributed by atoms with van der Waals surface area (Å²) in [5.41, 5.74) is 6.36. The molecule has 25 heavy (non-hydrogen) atoms. The first-order chi connectivity index (χ1) is 12.1. The van der Waals surface area contributed by atoms with Crippen LogP contribution in [0.2, 0.25) is 0 Å². The molecule has 1 atom stereocenters. The smallest absolute Gasteiger partial charge is 0.254 e. The second-order valence-electron chi connectivity index (χ2n) is 6.24. The Hall–Kier alpha value is -2.67. The van der Waals surface area contributed by atoms with Gasteiger partial charge in [-0.3, -0.25) is 9.69 Å².